The molecule has 1 aliphatic rings. The third-order valence-corrected chi connectivity index (χ3v) is 5.14. The van der Waals surface area contributed by atoms with E-state index in [-0.39, 0.29) is 23.1 Å². The van der Waals surface area contributed by atoms with Crippen molar-refractivity contribution in [3.8, 4) is 0 Å². The summed E-state index contributed by atoms with van der Waals surface area (Å²) in [5.74, 6) is -0.360. The normalized spacial score (nSPS) is 19.0. The Morgan fingerprint density at radius 3 is 2.64 bits per heavy atom. The van der Waals surface area contributed by atoms with Gasteiger partial charge in [0, 0.05) is 5.56 Å². The number of benzene rings is 1. The number of amides is 1. The molecule has 1 heterocycles. The van der Waals surface area contributed by atoms with Gasteiger partial charge in [0.15, 0.2) is 5.78 Å². The van der Waals surface area contributed by atoms with Crippen LogP contribution in [0.1, 0.15) is 43.6 Å². The van der Waals surface area contributed by atoms with Gasteiger partial charge in [-0.3, -0.25) is 13.8 Å². The number of ketones is 1. The van der Waals surface area contributed by atoms with Crippen LogP contribution in [-0.4, -0.2) is 27.3 Å². The average molecular weight is 388 g/mol. The van der Waals surface area contributed by atoms with E-state index in [0.29, 0.717) is 16.8 Å². The molecule has 0 aromatic heterocycles. The summed E-state index contributed by atoms with van der Waals surface area (Å²) in [6.07, 6.45) is 0. The van der Waals surface area contributed by atoms with Crippen LogP contribution in [0.4, 0.5) is 5.69 Å². The van der Waals surface area contributed by atoms with Gasteiger partial charge in [-0.2, -0.15) is 0 Å². The van der Waals surface area contributed by atoms with Gasteiger partial charge >= 0.3 is 0 Å². The summed E-state index contributed by atoms with van der Waals surface area (Å²) in [4.78, 5) is 24.4. The third-order valence-electron chi connectivity index (χ3n) is 3.62. The SMILES string of the molecule is CCOS(=O)N1C(=O)C(C)(C)c2cc(C(=O)C(C)Br)ccc21. The van der Waals surface area contributed by atoms with E-state index in [2.05, 4.69) is 15.9 Å². The highest BCUT2D eigenvalue weighted by atomic mass is 79.9. The van der Waals surface area contributed by atoms with E-state index in [9.17, 15) is 13.8 Å². The van der Waals surface area contributed by atoms with Crippen molar-refractivity contribution in [1.29, 1.82) is 0 Å². The fourth-order valence-corrected chi connectivity index (χ4v) is 3.63. The zero-order valence-corrected chi connectivity index (χ0v) is 15.3. The quantitative estimate of drug-likeness (QED) is 0.575. The van der Waals surface area contributed by atoms with E-state index in [1.54, 1.807) is 45.9 Å². The van der Waals surface area contributed by atoms with Gasteiger partial charge in [0.05, 0.1) is 22.5 Å². The minimum Gasteiger partial charge on any atom is -0.293 e. The Morgan fingerprint density at radius 2 is 2.09 bits per heavy atom. The number of nitrogens with zero attached hydrogens (tertiary/aromatic N) is 1. The standard InChI is InChI=1S/C15H18BrNO4S/c1-5-21-22(20)17-12-7-6-10(13(18)9(2)16)8-11(12)15(3,4)14(17)19/h6-9H,5H2,1-4H3. The van der Waals surface area contributed by atoms with E-state index in [0.717, 1.165) is 4.31 Å². The van der Waals surface area contributed by atoms with E-state index in [1.807, 2.05) is 0 Å². The van der Waals surface area contributed by atoms with Gasteiger partial charge in [0.25, 0.3) is 17.2 Å². The second kappa shape index (κ2) is 6.22. The van der Waals surface area contributed by atoms with Crippen LogP contribution in [0.5, 0.6) is 0 Å². The number of halogens is 1. The fraction of sp³-hybridized carbons (Fsp3) is 0.467. The molecule has 7 heteroatoms. The minimum atomic E-state index is -1.87. The molecule has 120 valence electrons. The summed E-state index contributed by atoms with van der Waals surface area (Å²) in [6, 6.07) is 5.00. The van der Waals surface area contributed by atoms with Gasteiger partial charge in [-0.15, -0.1) is 0 Å². The Hall–Kier alpha value is -1.05. The molecular weight excluding hydrogens is 370 g/mol. The first-order valence-corrected chi connectivity index (χ1v) is 8.89. The summed E-state index contributed by atoms with van der Waals surface area (Å²) >= 11 is 1.39. The number of fused-ring (bicyclic) bond motifs is 1. The second-order valence-corrected chi connectivity index (χ2v) is 7.97. The second-order valence-electron chi connectivity index (χ2n) is 5.56. The topological polar surface area (TPSA) is 63.7 Å². The molecule has 1 amide bonds. The Labute approximate surface area is 140 Å². The molecule has 2 unspecified atom stereocenters. The van der Waals surface area contributed by atoms with Gasteiger partial charge in [-0.25, -0.2) is 8.51 Å². The summed E-state index contributed by atoms with van der Waals surface area (Å²) < 4.78 is 18.4. The summed E-state index contributed by atoms with van der Waals surface area (Å²) in [5.41, 5.74) is 0.881. The lowest BCUT2D eigenvalue weighted by Crippen LogP contribution is -2.38. The first kappa shape index (κ1) is 17.3. The van der Waals surface area contributed by atoms with Crippen molar-refractivity contribution >= 4 is 44.6 Å². The molecule has 0 radical (unpaired) electrons. The van der Waals surface area contributed by atoms with Crippen molar-refractivity contribution in [3.05, 3.63) is 29.3 Å². The Bertz CT molecular complexity index is 657. The molecule has 0 saturated carbocycles. The van der Waals surface area contributed by atoms with Crippen molar-refractivity contribution in [2.45, 2.75) is 37.9 Å². The van der Waals surface area contributed by atoms with Crippen LogP contribution in [-0.2, 0) is 25.7 Å². The predicted octanol–water partition coefficient (Wildman–Crippen LogP) is 2.89. The lowest BCUT2D eigenvalue weighted by molar-refractivity contribution is -0.121. The summed E-state index contributed by atoms with van der Waals surface area (Å²) in [7, 11) is 0. The van der Waals surface area contributed by atoms with Crippen LogP contribution in [0.3, 0.4) is 0 Å². The van der Waals surface area contributed by atoms with Gasteiger partial charge in [-0.05, 0) is 51.5 Å². The number of rotatable bonds is 5. The zero-order valence-electron chi connectivity index (χ0n) is 12.9. The van der Waals surface area contributed by atoms with Gasteiger partial charge in [0.2, 0.25) is 0 Å². The zero-order chi connectivity index (χ0) is 16.7. The van der Waals surface area contributed by atoms with E-state index < -0.39 is 16.7 Å². The van der Waals surface area contributed by atoms with Crippen molar-refractivity contribution < 1.29 is 18.0 Å². The lowest BCUT2D eigenvalue weighted by atomic mass is 9.85. The van der Waals surface area contributed by atoms with Gasteiger partial charge < -0.3 is 0 Å². The van der Waals surface area contributed by atoms with E-state index in [1.165, 1.54) is 0 Å². The molecular formula is C15H18BrNO4S. The molecule has 2 atom stereocenters. The van der Waals surface area contributed by atoms with E-state index >= 15 is 0 Å². The molecule has 1 aromatic carbocycles. The molecule has 1 aliphatic heterocycles. The van der Waals surface area contributed by atoms with Crippen molar-refractivity contribution in [2.75, 3.05) is 10.9 Å². The molecule has 1 aromatic rings. The fourth-order valence-electron chi connectivity index (χ4n) is 2.38. The van der Waals surface area contributed by atoms with Crippen LogP contribution in [0.25, 0.3) is 0 Å². The first-order valence-electron chi connectivity index (χ1n) is 6.94. The van der Waals surface area contributed by atoms with Crippen molar-refractivity contribution in [2.24, 2.45) is 0 Å². The Kier molecular flexibility index (Phi) is 4.89. The summed E-state index contributed by atoms with van der Waals surface area (Å²) in [6.45, 7) is 7.21. The molecule has 0 spiro atoms. The number of alkyl halides is 1. The average Bonchev–Trinajstić information content (AvgIpc) is 2.65. The number of anilines is 1. The van der Waals surface area contributed by atoms with Gasteiger partial charge in [0.1, 0.15) is 0 Å². The highest BCUT2D eigenvalue weighted by molar-refractivity contribution is 9.10. The molecule has 2 rings (SSSR count). The smallest absolute Gasteiger partial charge is 0.271 e. The molecule has 0 bridgehead atoms. The molecule has 0 fully saturated rings. The van der Waals surface area contributed by atoms with E-state index in [4.69, 9.17) is 4.18 Å². The number of Topliss-reactive ketones (excluding diaryl/α,β-unsaturated/α-hetero) is 1. The molecule has 5 nitrogen and oxygen atoms in total. The van der Waals surface area contributed by atoms with Crippen LogP contribution >= 0.6 is 15.9 Å². The molecule has 0 saturated heterocycles. The Morgan fingerprint density at radius 1 is 1.45 bits per heavy atom. The largest absolute Gasteiger partial charge is 0.293 e. The van der Waals surface area contributed by atoms with Crippen LogP contribution < -0.4 is 4.31 Å². The molecule has 0 N–H and O–H groups in total. The Balaban J connectivity index is 2.53. The highest BCUT2D eigenvalue weighted by Crippen LogP contribution is 2.43. The maximum atomic E-state index is 12.6. The molecule has 22 heavy (non-hydrogen) atoms. The first-order chi connectivity index (χ1) is 10.2. The van der Waals surface area contributed by atoms with Crippen molar-refractivity contribution in [3.63, 3.8) is 0 Å². The monoisotopic (exact) mass is 387 g/mol. The molecule has 0 aliphatic carbocycles. The van der Waals surface area contributed by atoms with Crippen LogP contribution in [0, 0.1) is 0 Å². The highest BCUT2D eigenvalue weighted by Gasteiger charge is 2.47. The number of carbonyl (C=O) groups excluding carboxylic acids is 2. The van der Waals surface area contributed by atoms with Gasteiger partial charge in [-0.1, -0.05) is 15.9 Å². The third kappa shape index (κ3) is 2.77. The van der Waals surface area contributed by atoms with Crippen LogP contribution in [0.15, 0.2) is 18.2 Å². The maximum Gasteiger partial charge on any atom is 0.271 e. The number of hydrogen-bond acceptors (Lipinski definition) is 4. The van der Waals surface area contributed by atoms with Crippen molar-refractivity contribution in [1.82, 2.24) is 0 Å². The van der Waals surface area contributed by atoms with Crippen LogP contribution in [0.2, 0.25) is 0 Å². The number of hydrogen-bond donors (Lipinski definition) is 0. The summed E-state index contributed by atoms with van der Waals surface area (Å²) in [5, 5.41) is 0. The minimum absolute atomic E-state index is 0.0598. The maximum absolute atomic E-state index is 12.6. The number of carbonyl (C=O) groups is 2. The predicted molar refractivity (Wildman–Crippen MR) is 89.4 cm³/mol. The lowest BCUT2D eigenvalue weighted by Gasteiger charge is -2.18.